The summed E-state index contributed by atoms with van der Waals surface area (Å²) in [4.78, 5) is 13.9. The standard InChI is InChI=1S/C15H22O2S/c1-4-17-15(7-5-6-11(2)9-15)14(16)13-8-12(3)18-10-13/h8,10-11H,4-7,9H2,1-3H3. The Bertz CT molecular complexity index is 420. The van der Waals surface area contributed by atoms with Gasteiger partial charge in [0, 0.05) is 22.4 Å². The Balaban J connectivity index is 2.26. The van der Waals surface area contributed by atoms with Gasteiger partial charge in [-0.2, -0.15) is 0 Å². The molecule has 1 aromatic heterocycles. The summed E-state index contributed by atoms with van der Waals surface area (Å²) in [6.45, 7) is 6.85. The Labute approximate surface area is 113 Å². The van der Waals surface area contributed by atoms with Crippen molar-refractivity contribution in [1.82, 2.24) is 0 Å². The first-order valence-corrected chi connectivity index (χ1v) is 7.69. The van der Waals surface area contributed by atoms with E-state index in [2.05, 4.69) is 6.92 Å². The highest BCUT2D eigenvalue weighted by Crippen LogP contribution is 2.38. The fourth-order valence-electron chi connectivity index (χ4n) is 3.01. The van der Waals surface area contributed by atoms with E-state index < -0.39 is 5.60 Å². The third-order valence-electron chi connectivity index (χ3n) is 3.78. The van der Waals surface area contributed by atoms with Crippen LogP contribution in [0.5, 0.6) is 0 Å². The highest BCUT2D eigenvalue weighted by molar-refractivity contribution is 7.10. The van der Waals surface area contributed by atoms with Gasteiger partial charge < -0.3 is 4.74 Å². The molecule has 1 saturated carbocycles. The molecule has 2 atom stereocenters. The summed E-state index contributed by atoms with van der Waals surface area (Å²) in [6, 6.07) is 1.99. The van der Waals surface area contributed by atoms with Gasteiger partial charge in [-0.25, -0.2) is 0 Å². The molecule has 0 amide bonds. The Hall–Kier alpha value is -0.670. The van der Waals surface area contributed by atoms with Crippen molar-refractivity contribution in [2.24, 2.45) is 5.92 Å². The summed E-state index contributed by atoms with van der Waals surface area (Å²) in [5.74, 6) is 0.772. The van der Waals surface area contributed by atoms with Crippen molar-refractivity contribution in [2.45, 2.75) is 52.1 Å². The number of ether oxygens (including phenoxy) is 1. The minimum atomic E-state index is -0.556. The predicted molar refractivity (Wildman–Crippen MR) is 75.4 cm³/mol. The number of thiophene rings is 1. The molecule has 2 unspecified atom stereocenters. The van der Waals surface area contributed by atoms with Crippen LogP contribution >= 0.6 is 11.3 Å². The second-order valence-electron chi connectivity index (χ2n) is 5.40. The third-order valence-corrected chi connectivity index (χ3v) is 4.64. The molecule has 3 heteroatoms. The Morgan fingerprint density at radius 3 is 2.94 bits per heavy atom. The number of rotatable bonds is 4. The minimum Gasteiger partial charge on any atom is -0.367 e. The maximum absolute atomic E-state index is 12.8. The van der Waals surface area contributed by atoms with Crippen molar-refractivity contribution in [2.75, 3.05) is 6.61 Å². The summed E-state index contributed by atoms with van der Waals surface area (Å²) in [7, 11) is 0. The molecule has 0 radical (unpaired) electrons. The van der Waals surface area contributed by atoms with Crippen LogP contribution in [-0.2, 0) is 4.74 Å². The molecular weight excluding hydrogens is 244 g/mol. The minimum absolute atomic E-state index is 0.195. The largest absolute Gasteiger partial charge is 0.367 e. The van der Waals surface area contributed by atoms with Gasteiger partial charge in [0.05, 0.1) is 0 Å². The van der Waals surface area contributed by atoms with Crippen molar-refractivity contribution in [3.05, 3.63) is 21.9 Å². The van der Waals surface area contributed by atoms with Gasteiger partial charge in [-0.1, -0.05) is 13.3 Å². The van der Waals surface area contributed by atoms with Crippen LogP contribution in [0.4, 0.5) is 0 Å². The molecule has 1 aliphatic carbocycles. The molecule has 1 heterocycles. The van der Waals surface area contributed by atoms with E-state index in [0.29, 0.717) is 12.5 Å². The Morgan fingerprint density at radius 2 is 2.39 bits per heavy atom. The summed E-state index contributed by atoms with van der Waals surface area (Å²) < 4.78 is 5.92. The predicted octanol–water partition coefficient (Wildman–Crippen LogP) is 4.22. The monoisotopic (exact) mass is 266 g/mol. The van der Waals surface area contributed by atoms with Crippen molar-refractivity contribution in [3.63, 3.8) is 0 Å². The zero-order chi connectivity index (χ0) is 13.2. The quantitative estimate of drug-likeness (QED) is 0.762. The van der Waals surface area contributed by atoms with Crippen molar-refractivity contribution in [1.29, 1.82) is 0 Å². The lowest BCUT2D eigenvalue weighted by molar-refractivity contribution is -0.0511. The van der Waals surface area contributed by atoms with E-state index in [4.69, 9.17) is 4.74 Å². The van der Waals surface area contributed by atoms with Gasteiger partial charge in [0.25, 0.3) is 0 Å². The highest BCUT2D eigenvalue weighted by Gasteiger charge is 2.42. The average molecular weight is 266 g/mol. The molecule has 2 nitrogen and oxygen atoms in total. The highest BCUT2D eigenvalue weighted by atomic mass is 32.1. The van der Waals surface area contributed by atoms with Crippen LogP contribution in [0.15, 0.2) is 11.4 Å². The first-order valence-electron chi connectivity index (χ1n) is 6.81. The molecule has 0 bridgehead atoms. The summed E-state index contributed by atoms with van der Waals surface area (Å²) in [5.41, 5.74) is 0.278. The van der Waals surface area contributed by atoms with Gasteiger partial charge in [-0.3, -0.25) is 4.79 Å². The zero-order valence-electron chi connectivity index (χ0n) is 11.5. The van der Waals surface area contributed by atoms with E-state index in [9.17, 15) is 4.79 Å². The topological polar surface area (TPSA) is 26.3 Å². The molecular formula is C15H22O2S. The number of carbonyl (C=O) groups excluding carboxylic acids is 1. The number of Topliss-reactive ketones (excluding diaryl/α,β-unsaturated/α-hetero) is 1. The number of ketones is 1. The smallest absolute Gasteiger partial charge is 0.195 e. The zero-order valence-corrected chi connectivity index (χ0v) is 12.3. The molecule has 1 fully saturated rings. The summed E-state index contributed by atoms with van der Waals surface area (Å²) in [6.07, 6.45) is 4.05. The number of aryl methyl sites for hydroxylation is 1. The molecule has 0 aromatic carbocycles. The fourth-order valence-corrected chi connectivity index (χ4v) is 3.69. The lowest BCUT2D eigenvalue weighted by Crippen LogP contribution is -2.45. The van der Waals surface area contributed by atoms with Crippen molar-refractivity contribution >= 4 is 17.1 Å². The SMILES string of the molecule is CCOC1(C(=O)c2csc(C)c2)CCCC(C)C1. The van der Waals surface area contributed by atoms with Crippen molar-refractivity contribution in [3.8, 4) is 0 Å². The van der Waals surface area contributed by atoms with E-state index in [1.807, 2.05) is 25.3 Å². The van der Waals surface area contributed by atoms with Gasteiger partial charge in [-0.15, -0.1) is 11.3 Å². The molecule has 100 valence electrons. The Morgan fingerprint density at radius 1 is 1.61 bits per heavy atom. The first kappa shape index (κ1) is 13.8. The van der Waals surface area contributed by atoms with Crippen LogP contribution in [-0.4, -0.2) is 18.0 Å². The lowest BCUT2D eigenvalue weighted by Gasteiger charge is -2.38. The molecule has 18 heavy (non-hydrogen) atoms. The normalized spacial score (nSPS) is 28.3. The summed E-state index contributed by atoms with van der Waals surface area (Å²) >= 11 is 1.64. The van der Waals surface area contributed by atoms with E-state index in [1.165, 1.54) is 11.3 Å². The number of carbonyl (C=O) groups is 1. The van der Waals surface area contributed by atoms with E-state index in [1.54, 1.807) is 11.3 Å². The fraction of sp³-hybridized carbons (Fsp3) is 0.667. The van der Waals surface area contributed by atoms with Crippen LogP contribution in [0.3, 0.4) is 0 Å². The van der Waals surface area contributed by atoms with Crippen LogP contribution < -0.4 is 0 Å². The van der Waals surface area contributed by atoms with Crippen LogP contribution in [0.25, 0.3) is 0 Å². The average Bonchev–Trinajstić information content (AvgIpc) is 2.75. The van der Waals surface area contributed by atoms with Gasteiger partial charge >= 0.3 is 0 Å². The molecule has 1 aromatic rings. The van der Waals surface area contributed by atoms with Gasteiger partial charge in [0.2, 0.25) is 0 Å². The van der Waals surface area contributed by atoms with Gasteiger partial charge in [-0.05, 0) is 45.1 Å². The third kappa shape index (κ3) is 2.67. The summed E-state index contributed by atoms with van der Waals surface area (Å²) in [5, 5.41) is 1.97. The lowest BCUT2D eigenvalue weighted by atomic mass is 9.75. The molecule has 0 aliphatic heterocycles. The molecule has 0 saturated heterocycles. The Kier molecular flexibility index (Phi) is 4.23. The first-order chi connectivity index (χ1) is 8.57. The van der Waals surface area contributed by atoms with E-state index >= 15 is 0 Å². The van der Waals surface area contributed by atoms with E-state index in [-0.39, 0.29) is 5.78 Å². The van der Waals surface area contributed by atoms with Gasteiger partial charge in [0.1, 0.15) is 5.60 Å². The molecule has 0 N–H and O–H groups in total. The molecule has 0 spiro atoms. The van der Waals surface area contributed by atoms with Gasteiger partial charge in [0.15, 0.2) is 5.78 Å². The number of hydrogen-bond donors (Lipinski definition) is 0. The molecule has 2 rings (SSSR count). The van der Waals surface area contributed by atoms with Crippen LogP contribution in [0.1, 0.15) is 54.8 Å². The second kappa shape index (κ2) is 5.54. The second-order valence-corrected chi connectivity index (χ2v) is 6.52. The van der Waals surface area contributed by atoms with Crippen LogP contribution in [0, 0.1) is 12.8 Å². The van der Waals surface area contributed by atoms with E-state index in [0.717, 1.165) is 24.8 Å². The molecule has 1 aliphatic rings. The maximum Gasteiger partial charge on any atom is 0.195 e. The maximum atomic E-state index is 12.8. The van der Waals surface area contributed by atoms with Crippen molar-refractivity contribution < 1.29 is 9.53 Å². The number of hydrogen-bond acceptors (Lipinski definition) is 3. The van der Waals surface area contributed by atoms with Crippen LogP contribution in [0.2, 0.25) is 0 Å².